The van der Waals surface area contributed by atoms with Crippen molar-refractivity contribution in [3.8, 4) is 0 Å². The number of nitrogens with one attached hydrogen (secondary N) is 1. The molecule has 2 atom stereocenters. The minimum absolute atomic E-state index is 0.232. The molecule has 1 N–H and O–H groups in total. The first-order valence-electron chi connectivity index (χ1n) is 6.69. The van der Waals surface area contributed by atoms with Gasteiger partial charge in [0.25, 0.3) is 0 Å². The van der Waals surface area contributed by atoms with Crippen LogP contribution in [0.5, 0.6) is 0 Å². The maximum absolute atomic E-state index is 11.7. The van der Waals surface area contributed by atoms with Gasteiger partial charge in [-0.25, -0.2) is 0 Å². The van der Waals surface area contributed by atoms with Gasteiger partial charge in [0, 0.05) is 6.42 Å². The second kappa shape index (κ2) is 4.52. The molecule has 0 bridgehead atoms. The number of carbonyl (C=O) groups excluding carboxylic acids is 1. The third-order valence-corrected chi connectivity index (χ3v) is 4.33. The molecule has 2 heteroatoms. The molecule has 2 unspecified atom stereocenters. The highest BCUT2D eigenvalue weighted by Gasteiger charge is 2.39. The fraction of sp³-hybridized carbons (Fsp3) is 0.533. The molecule has 3 rings (SSSR count). The lowest BCUT2D eigenvalue weighted by Gasteiger charge is -2.24. The molecule has 0 spiro atoms. The zero-order chi connectivity index (χ0) is 11.7. The molecule has 1 aromatic rings. The molecule has 1 saturated carbocycles. The Kier molecular flexibility index (Phi) is 2.87. The Morgan fingerprint density at radius 3 is 2.47 bits per heavy atom. The van der Waals surface area contributed by atoms with Crippen LogP contribution in [0.2, 0.25) is 0 Å². The van der Waals surface area contributed by atoms with Gasteiger partial charge < -0.3 is 5.32 Å². The second-order valence-electron chi connectivity index (χ2n) is 5.37. The third kappa shape index (κ3) is 2.08. The van der Waals surface area contributed by atoms with E-state index < -0.39 is 0 Å². The molecule has 2 fully saturated rings. The van der Waals surface area contributed by atoms with Gasteiger partial charge in [0.1, 0.15) is 0 Å². The summed E-state index contributed by atoms with van der Waals surface area (Å²) in [6.07, 6.45) is 6.03. The number of carbonyl (C=O) groups is 1. The Morgan fingerprint density at radius 1 is 1.06 bits per heavy atom. The number of benzene rings is 1. The SMILES string of the molecule is O=C1CC(C2CCCC2)C(c2ccccc2)N1. The van der Waals surface area contributed by atoms with Crippen molar-refractivity contribution < 1.29 is 4.79 Å². The largest absolute Gasteiger partial charge is 0.349 e. The first kappa shape index (κ1) is 10.8. The lowest BCUT2D eigenvalue weighted by Crippen LogP contribution is -2.23. The Balaban J connectivity index is 1.84. The van der Waals surface area contributed by atoms with Gasteiger partial charge in [0.2, 0.25) is 5.91 Å². The van der Waals surface area contributed by atoms with Crippen molar-refractivity contribution in [1.82, 2.24) is 5.32 Å². The minimum Gasteiger partial charge on any atom is -0.349 e. The summed E-state index contributed by atoms with van der Waals surface area (Å²) in [5, 5.41) is 3.16. The predicted molar refractivity (Wildman–Crippen MR) is 67.4 cm³/mol. The smallest absolute Gasteiger partial charge is 0.220 e. The van der Waals surface area contributed by atoms with E-state index >= 15 is 0 Å². The normalized spacial score (nSPS) is 29.5. The average Bonchev–Trinajstić information content (AvgIpc) is 2.98. The summed E-state index contributed by atoms with van der Waals surface area (Å²) in [5.74, 6) is 1.50. The van der Waals surface area contributed by atoms with E-state index in [4.69, 9.17) is 0 Å². The summed E-state index contributed by atoms with van der Waals surface area (Å²) in [5.41, 5.74) is 1.27. The summed E-state index contributed by atoms with van der Waals surface area (Å²) in [6.45, 7) is 0. The Morgan fingerprint density at radius 2 is 1.76 bits per heavy atom. The van der Waals surface area contributed by atoms with Crippen molar-refractivity contribution >= 4 is 5.91 Å². The molecule has 1 heterocycles. The van der Waals surface area contributed by atoms with Gasteiger partial charge in [0.05, 0.1) is 6.04 Å². The highest BCUT2D eigenvalue weighted by molar-refractivity contribution is 5.79. The van der Waals surface area contributed by atoms with Crippen LogP contribution in [-0.4, -0.2) is 5.91 Å². The zero-order valence-electron chi connectivity index (χ0n) is 10.1. The molecule has 1 aliphatic heterocycles. The van der Waals surface area contributed by atoms with Crippen LogP contribution in [0.3, 0.4) is 0 Å². The van der Waals surface area contributed by atoms with Gasteiger partial charge in [-0.2, -0.15) is 0 Å². The van der Waals surface area contributed by atoms with Gasteiger partial charge in [0.15, 0.2) is 0 Å². The van der Waals surface area contributed by atoms with Gasteiger partial charge >= 0.3 is 0 Å². The van der Waals surface area contributed by atoms with Crippen molar-refractivity contribution in [3.63, 3.8) is 0 Å². The quantitative estimate of drug-likeness (QED) is 0.829. The van der Waals surface area contributed by atoms with Gasteiger partial charge in [-0.1, -0.05) is 56.0 Å². The van der Waals surface area contributed by atoms with Crippen molar-refractivity contribution in [3.05, 3.63) is 35.9 Å². The Labute approximate surface area is 102 Å². The predicted octanol–water partition coefficient (Wildman–Crippen LogP) is 3.05. The summed E-state index contributed by atoms with van der Waals surface area (Å²) in [4.78, 5) is 11.7. The van der Waals surface area contributed by atoms with E-state index in [-0.39, 0.29) is 11.9 Å². The summed E-state index contributed by atoms with van der Waals surface area (Å²) >= 11 is 0. The van der Waals surface area contributed by atoms with Crippen LogP contribution in [0, 0.1) is 11.8 Å². The third-order valence-electron chi connectivity index (χ3n) is 4.33. The maximum atomic E-state index is 11.7. The van der Waals surface area contributed by atoms with Crippen LogP contribution in [0.4, 0.5) is 0 Å². The van der Waals surface area contributed by atoms with E-state index in [9.17, 15) is 4.79 Å². The van der Waals surface area contributed by atoms with E-state index in [1.807, 2.05) is 6.07 Å². The van der Waals surface area contributed by atoms with E-state index in [2.05, 4.69) is 29.6 Å². The molecule has 2 nitrogen and oxygen atoms in total. The van der Waals surface area contributed by atoms with Crippen molar-refractivity contribution in [1.29, 1.82) is 0 Å². The number of rotatable bonds is 2. The van der Waals surface area contributed by atoms with Crippen molar-refractivity contribution in [2.75, 3.05) is 0 Å². The van der Waals surface area contributed by atoms with Crippen LogP contribution in [-0.2, 0) is 4.79 Å². The van der Waals surface area contributed by atoms with E-state index in [0.29, 0.717) is 5.92 Å². The van der Waals surface area contributed by atoms with E-state index in [1.165, 1.54) is 31.2 Å². The van der Waals surface area contributed by atoms with E-state index in [0.717, 1.165) is 12.3 Å². The second-order valence-corrected chi connectivity index (χ2v) is 5.37. The molecule has 1 amide bonds. The molecular weight excluding hydrogens is 210 g/mol. The van der Waals surface area contributed by atoms with Crippen molar-refractivity contribution in [2.24, 2.45) is 11.8 Å². The van der Waals surface area contributed by atoms with Crippen LogP contribution in [0.15, 0.2) is 30.3 Å². The molecular formula is C15H19NO. The lowest BCUT2D eigenvalue weighted by molar-refractivity contribution is -0.119. The first-order chi connectivity index (χ1) is 8.34. The van der Waals surface area contributed by atoms with Crippen molar-refractivity contribution in [2.45, 2.75) is 38.1 Å². The van der Waals surface area contributed by atoms with Crippen LogP contribution in [0.1, 0.15) is 43.7 Å². The highest BCUT2D eigenvalue weighted by Crippen LogP contribution is 2.42. The fourth-order valence-electron chi connectivity index (χ4n) is 3.49. The first-order valence-corrected chi connectivity index (χ1v) is 6.69. The van der Waals surface area contributed by atoms with Gasteiger partial charge in [-0.3, -0.25) is 4.79 Å². The standard InChI is InChI=1S/C15H19NO/c17-14-10-13(11-6-4-5-7-11)15(16-14)12-8-2-1-3-9-12/h1-3,8-9,11,13,15H,4-7,10H2,(H,16,17). The topological polar surface area (TPSA) is 29.1 Å². The monoisotopic (exact) mass is 229 g/mol. The summed E-state index contributed by atoms with van der Waals surface area (Å²) < 4.78 is 0. The molecule has 90 valence electrons. The van der Waals surface area contributed by atoms with Crippen LogP contribution >= 0.6 is 0 Å². The van der Waals surface area contributed by atoms with Crippen LogP contribution < -0.4 is 5.32 Å². The number of hydrogen-bond acceptors (Lipinski definition) is 1. The molecule has 1 aliphatic carbocycles. The maximum Gasteiger partial charge on any atom is 0.220 e. The Hall–Kier alpha value is -1.31. The Bertz CT molecular complexity index is 395. The molecule has 0 radical (unpaired) electrons. The van der Waals surface area contributed by atoms with Gasteiger partial charge in [-0.15, -0.1) is 0 Å². The zero-order valence-corrected chi connectivity index (χ0v) is 10.1. The molecule has 0 aromatic heterocycles. The molecule has 2 aliphatic rings. The van der Waals surface area contributed by atoms with E-state index in [1.54, 1.807) is 0 Å². The van der Waals surface area contributed by atoms with Gasteiger partial charge in [-0.05, 0) is 17.4 Å². The minimum atomic E-state index is 0.232. The van der Waals surface area contributed by atoms with Crippen LogP contribution in [0.25, 0.3) is 0 Å². The molecule has 1 aromatic carbocycles. The lowest BCUT2D eigenvalue weighted by atomic mass is 9.82. The summed E-state index contributed by atoms with van der Waals surface area (Å²) in [7, 11) is 0. The number of amides is 1. The molecule has 1 saturated heterocycles. The fourth-order valence-corrected chi connectivity index (χ4v) is 3.49. The molecule has 17 heavy (non-hydrogen) atoms. The number of hydrogen-bond donors (Lipinski definition) is 1. The average molecular weight is 229 g/mol. The summed E-state index contributed by atoms with van der Waals surface area (Å²) in [6, 6.07) is 10.7. The highest BCUT2D eigenvalue weighted by atomic mass is 16.2.